The minimum atomic E-state index is -1.82. The zero-order chi connectivity index (χ0) is 20.5. The fraction of sp³-hybridized carbons (Fsp3) is 0.333. The van der Waals surface area contributed by atoms with Crippen LogP contribution in [0.1, 0.15) is 9.67 Å². The molecule has 2 aromatic rings. The number of carboxylic acid groups (broad SMARTS) is 2. The first-order valence-electron chi connectivity index (χ1n) is 8.50. The van der Waals surface area contributed by atoms with Crippen LogP contribution >= 0.6 is 11.3 Å². The number of carbonyl (C=O) groups excluding carboxylic acids is 2. The highest BCUT2D eigenvalue weighted by molar-refractivity contribution is 7.12. The van der Waals surface area contributed by atoms with Gasteiger partial charge >= 0.3 is 11.9 Å². The van der Waals surface area contributed by atoms with E-state index in [1.165, 1.54) is 11.3 Å². The van der Waals surface area contributed by atoms with E-state index in [4.69, 9.17) is 19.8 Å². The van der Waals surface area contributed by atoms with Gasteiger partial charge in [-0.2, -0.15) is 0 Å². The van der Waals surface area contributed by atoms with Crippen LogP contribution in [0.2, 0.25) is 0 Å². The number of aliphatic carboxylic acids is 2. The number of Topliss-reactive ketones (excluding diaryl/α,β-unsaturated/α-hetero) is 1. The summed E-state index contributed by atoms with van der Waals surface area (Å²) in [6, 6.07) is 7.60. The Bertz CT molecular complexity index is 783. The first-order chi connectivity index (χ1) is 13.4. The van der Waals surface area contributed by atoms with E-state index in [-0.39, 0.29) is 11.7 Å². The number of carboxylic acids is 2. The summed E-state index contributed by atoms with van der Waals surface area (Å²) in [4.78, 5) is 47.3. The van der Waals surface area contributed by atoms with Crippen LogP contribution in [0.25, 0.3) is 0 Å². The van der Waals surface area contributed by atoms with Crippen molar-refractivity contribution in [3.63, 3.8) is 0 Å². The highest BCUT2D eigenvalue weighted by Gasteiger charge is 2.22. The lowest BCUT2D eigenvalue weighted by atomic mass is 10.2. The lowest BCUT2D eigenvalue weighted by molar-refractivity contribution is -0.159. The zero-order valence-electron chi connectivity index (χ0n) is 15.1. The molecular formula is C18H21N3O6S. The van der Waals surface area contributed by atoms with Crippen molar-refractivity contribution in [3.05, 3.63) is 46.9 Å². The molecule has 10 heteroatoms. The van der Waals surface area contributed by atoms with Crippen LogP contribution in [0.15, 0.2) is 42.0 Å². The monoisotopic (exact) mass is 407 g/mol. The Hall–Kier alpha value is -2.98. The van der Waals surface area contributed by atoms with E-state index in [9.17, 15) is 9.59 Å². The minimum absolute atomic E-state index is 0.139. The maximum Gasteiger partial charge on any atom is 0.414 e. The van der Waals surface area contributed by atoms with Crippen molar-refractivity contribution in [2.45, 2.75) is 6.54 Å². The van der Waals surface area contributed by atoms with Crippen molar-refractivity contribution in [1.82, 2.24) is 14.4 Å². The summed E-state index contributed by atoms with van der Waals surface area (Å²) in [5, 5.41) is 16.7. The average molecular weight is 407 g/mol. The molecule has 1 saturated heterocycles. The number of aromatic nitrogens is 1. The summed E-state index contributed by atoms with van der Waals surface area (Å²) in [6.07, 6.45) is 3.79. The molecule has 0 unspecified atom stereocenters. The quantitative estimate of drug-likeness (QED) is 0.554. The van der Waals surface area contributed by atoms with E-state index < -0.39 is 11.9 Å². The van der Waals surface area contributed by atoms with Crippen LogP contribution in [0.3, 0.4) is 0 Å². The largest absolute Gasteiger partial charge is 0.473 e. The normalized spacial score (nSPS) is 14.1. The smallest absolute Gasteiger partial charge is 0.414 e. The summed E-state index contributed by atoms with van der Waals surface area (Å²) in [5.74, 6) is -3.34. The molecule has 0 aromatic carbocycles. The van der Waals surface area contributed by atoms with Gasteiger partial charge in [-0.3, -0.25) is 14.5 Å². The second-order valence-corrected chi connectivity index (χ2v) is 6.97. The Labute approximate surface area is 165 Å². The third kappa shape index (κ3) is 6.63. The Kier molecular flexibility index (Phi) is 7.90. The third-order valence-electron chi connectivity index (χ3n) is 4.06. The molecule has 3 rings (SSSR count). The molecule has 0 atom stereocenters. The van der Waals surface area contributed by atoms with Crippen molar-refractivity contribution in [1.29, 1.82) is 0 Å². The van der Waals surface area contributed by atoms with E-state index in [1.54, 1.807) is 0 Å². The molecule has 0 aliphatic carbocycles. The van der Waals surface area contributed by atoms with Crippen molar-refractivity contribution >= 4 is 35.0 Å². The van der Waals surface area contributed by atoms with Gasteiger partial charge in [-0.05, 0) is 23.6 Å². The van der Waals surface area contributed by atoms with Gasteiger partial charge in [0.05, 0.1) is 11.4 Å². The molecule has 1 amide bonds. The molecule has 0 spiro atoms. The number of ketones is 1. The molecule has 0 radical (unpaired) electrons. The topological polar surface area (TPSA) is 120 Å². The number of carbonyl (C=O) groups is 4. The van der Waals surface area contributed by atoms with Gasteiger partial charge in [-0.25, -0.2) is 9.59 Å². The molecule has 1 aliphatic heterocycles. The maximum absolute atomic E-state index is 12.2. The Balaban J connectivity index is 0.000000409. The molecule has 2 aromatic heterocycles. The van der Waals surface area contributed by atoms with Crippen LogP contribution in [-0.4, -0.2) is 80.9 Å². The summed E-state index contributed by atoms with van der Waals surface area (Å²) < 4.78 is 1.88. The molecule has 3 heterocycles. The second kappa shape index (κ2) is 10.4. The molecular weight excluding hydrogens is 386 g/mol. The molecule has 150 valence electrons. The van der Waals surface area contributed by atoms with Gasteiger partial charge in [0.1, 0.15) is 6.54 Å². The van der Waals surface area contributed by atoms with E-state index in [2.05, 4.69) is 4.90 Å². The van der Waals surface area contributed by atoms with E-state index >= 15 is 0 Å². The van der Waals surface area contributed by atoms with Crippen molar-refractivity contribution < 1.29 is 29.4 Å². The predicted octanol–water partition coefficient (Wildman–Crippen LogP) is 0.732. The number of thiophene rings is 1. The van der Waals surface area contributed by atoms with Crippen molar-refractivity contribution in [3.8, 4) is 0 Å². The molecule has 28 heavy (non-hydrogen) atoms. The molecule has 9 nitrogen and oxygen atoms in total. The molecule has 1 fully saturated rings. The van der Waals surface area contributed by atoms with Gasteiger partial charge in [0.15, 0.2) is 5.78 Å². The first-order valence-corrected chi connectivity index (χ1v) is 9.38. The van der Waals surface area contributed by atoms with Gasteiger partial charge in [0.2, 0.25) is 5.91 Å². The van der Waals surface area contributed by atoms with Crippen LogP contribution in [-0.2, 0) is 20.9 Å². The van der Waals surface area contributed by atoms with Crippen molar-refractivity contribution in [2.75, 3.05) is 32.7 Å². The number of rotatable bonds is 5. The van der Waals surface area contributed by atoms with Crippen LogP contribution in [0, 0.1) is 0 Å². The van der Waals surface area contributed by atoms with Crippen molar-refractivity contribution in [2.24, 2.45) is 0 Å². The minimum Gasteiger partial charge on any atom is -0.473 e. The lowest BCUT2D eigenvalue weighted by Crippen LogP contribution is -2.50. The Morgan fingerprint density at radius 1 is 0.893 bits per heavy atom. The predicted molar refractivity (Wildman–Crippen MR) is 101 cm³/mol. The van der Waals surface area contributed by atoms with Gasteiger partial charge in [0.25, 0.3) is 0 Å². The molecule has 2 N–H and O–H groups in total. The van der Waals surface area contributed by atoms with Gasteiger partial charge < -0.3 is 19.7 Å². The highest BCUT2D eigenvalue weighted by Crippen LogP contribution is 2.11. The summed E-state index contributed by atoms with van der Waals surface area (Å²) in [5.41, 5.74) is 0. The van der Waals surface area contributed by atoms with E-state index in [1.807, 2.05) is 51.5 Å². The van der Waals surface area contributed by atoms with E-state index in [0.29, 0.717) is 26.2 Å². The number of amides is 1. The van der Waals surface area contributed by atoms with Gasteiger partial charge in [-0.15, -0.1) is 11.3 Å². The van der Waals surface area contributed by atoms with Crippen LogP contribution in [0.4, 0.5) is 0 Å². The average Bonchev–Trinajstić information content (AvgIpc) is 3.36. The SMILES string of the molecule is O=C(CN1CCN(C(=O)Cn2cccc2)CC1)c1cccs1.O=C(O)C(=O)O. The zero-order valence-corrected chi connectivity index (χ0v) is 15.9. The number of hydrogen-bond donors (Lipinski definition) is 2. The lowest BCUT2D eigenvalue weighted by Gasteiger charge is -2.34. The molecule has 0 bridgehead atoms. The number of nitrogens with zero attached hydrogens (tertiary/aromatic N) is 3. The highest BCUT2D eigenvalue weighted by atomic mass is 32.1. The van der Waals surface area contributed by atoms with E-state index in [0.717, 1.165) is 18.0 Å². The summed E-state index contributed by atoms with van der Waals surface area (Å²) >= 11 is 1.48. The summed E-state index contributed by atoms with van der Waals surface area (Å²) in [7, 11) is 0. The van der Waals surface area contributed by atoms with Gasteiger partial charge in [-0.1, -0.05) is 6.07 Å². The fourth-order valence-electron chi connectivity index (χ4n) is 2.61. The first kappa shape index (κ1) is 21.3. The second-order valence-electron chi connectivity index (χ2n) is 6.02. The molecule has 0 saturated carbocycles. The maximum atomic E-state index is 12.2. The fourth-order valence-corrected chi connectivity index (χ4v) is 3.26. The van der Waals surface area contributed by atoms with Crippen LogP contribution in [0.5, 0.6) is 0 Å². The number of piperazine rings is 1. The van der Waals surface area contributed by atoms with Gasteiger partial charge in [0, 0.05) is 38.6 Å². The third-order valence-corrected chi connectivity index (χ3v) is 4.97. The van der Waals surface area contributed by atoms with Crippen LogP contribution < -0.4 is 0 Å². The molecule has 1 aliphatic rings. The standard InChI is InChI=1S/C16H19N3O2S.C2H2O4/c20-14(15-4-3-11-22-15)12-18-7-9-19(10-8-18)16(21)13-17-5-1-2-6-17;3-1(4)2(5)6/h1-6,11H,7-10,12-13H2;(H,3,4)(H,5,6). The Morgan fingerprint density at radius 3 is 2.00 bits per heavy atom. The summed E-state index contributed by atoms with van der Waals surface area (Å²) in [6.45, 7) is 3.74. The number of hydrogen-bond acceptors (Lipinski definition) is 6. The Morgan fingerprint density at radius 2 is 1.50 bits per heavy atom.